The molecule has 0 aliphatic heterocycles. The lowest BCUT2D eigenvalue weighted by Crippen LogP contribution is -2.05. The van der Waals surface area contributed by atoms with Crippen molar-refractivity contribution in [2.75, 3.05) is 6.61 Å². The van der Waals surface area contributed by atoms with Crippen molar-refractivity contribution in [2.24, 2.45) is 0 Å². The third-order valence-corrected chi connectivity index (χ3v) is 3.00. The Bertz CT molecular complexity index is 330. The van der Waals surface area contributed by atoms with E-state index in [2.05, 4.69) is 13.5 Å². The molecule has 1 aromatic rings. The summed E-state index contributed by atoms with van der Waals surface area (Å²) >= 11 is 0. The predicted molar refractivity (Wildman–Crippen MR) is 90.2 cm³/mol. The Morgan fingerprint density at radius 3 is 1.71 bits per heavy atom. The van der Waals surface area contributed by atoms with E-state index in [-0.39, 0.29) is 5.97 Å². The van der Waals surface area contributed by atoms with Crippen LogP contribution >= 0.6 is 0 Å². The summed E-state index contributed by atoms with van der Waals surface area (Å²) in [5, 5.41) is 0. The average Bonchev–Trinajstić information content (AvgIpc) is 2.52. The molecule has 0 fully saturated rings. The van der Waals surface area contributed by atoms with Gasteiger partial charge in [0.25, 0.3) is 0 Å². The van der Waals surface area contributed by atoms with Gasteiger partial charge >= 0.3 is 5.97 Å². The molecule has 0 atom stereocenters. The highest BCUT2D eigenvalue weighted by molar-refractivity contribution is 5.86. The van der Waals surface area contributed by atoms with Gasteiger partial charge in [0.05, 0.1) is 6.61 Å². The number of unbranched alkanes of at least 4 members (excludes halogenated alkanes) is 6. The van der Waals surface area contributed by atoms with Crippen LogP contribution in [0.5, 0.6) is 0 Å². The van der Waals surface area contributed by atoms with Crippen molar-refractivity contribution in [2.45, 2.75) is 58.8 Å². The molecule has 0 spiro atoms. The van der Waals surface area contributed by atoms with Crippen LogP contribution in [-0.2, 0) is 9.53 Å². The molecular formula is C19H30O2. The Balaban J connectivity index is 0.000000547. The Labute approximate surface area is 130 Å². The minimum Gasteiger partial charge on any atom is -0.462 e. The van der Waals surface area contributed by atoms with Crippen LogP contribution in [-0.4, -0.2) is 12.6 Å². The third-order valence-electron chi connectivity index (χ3n) is 3.00. The van der Waals surface area contributed by atoms with Crippen LogP contribution in [0.3, 0.4) is 0 Å². The molecule has 0 unspecified atom stereocenters. The maximum Gasteiger partial charge on any atom is 0.333 e. The summed E-state index contributed by atoms with van der Waals surface area (Å²) in [4.78, 5) is 11.0. The highest BCUT2D eigenvalue weighted by Gasteiger charge is 2.01. The maximum absolute atomic E-state index is 11.0. The van der Waals surface area contributed by atoms with Crippen molar-refractivity contribution >= 4 is 5.97 Å². The molecule has 1 aromatic carbocycles. The molecule has 0 saturated heterocycles. The minimum absolute atomic E-state index is 0.263. The fourth-order valence-corrected chi connectivity index (χ4v) is 1.73. The van der Waals surface area contributed by atoms with Gasteiger partial charge in [-0.2, -0.15) is 0 Å². The van der Waals surface area contributed by atoms with Crippen LogP contribution in [0.1, 0.15) is 58.8 Å². The summed E-state index contributed by atoms with van der Waals surface area (Å²) in [5.74, 6) is -0.263. The quantitative estimate of drug-likeness (QED) is 0.339. The van der Waals surface area contributed by atoms with E-state index in [1.54, 1.807) is 6.92 Å². The zero-order valence-corrected chi connectivity index (χ0v) is 13.6. The van der Waals surface area contributed by atoms with Crippen LogP contribution in [0, 0.1) is 0 Å². The third kappa shape index (κ3) is 14.6. The lowest BCUT2D eigenvalue weighted by atomic mass is 10.1. The SMILES string of the molecule is C=C(C)C(=O)OCCCCCCCCC.c1ccccc1. The van der Waals surface area contributed by atoms with Gasteiger partial charge in [-0.3, -0.25) is 0 Å². The van der Waals surface area contributed by atoms with E-state index < -0.39 is 0 Å². The van der Waals surface area contributed by atoms with Gasteiger partial charge in [0.15, 0.2) is 0 Å². The normalized spacial score (nSPS) is 9.43. The van der Waals surface area contributed by atoms with Gasteiger partial charge in [-0.15, -0.1) is 0 Å². The number of carbonyl (C=O) groups excluding carboxylic acids is 1. The highest BCUT2D eigenvalue weighted by atomic mass is 16.5. The van der Waals surface area contributed by atoms with Crippen molar-refractivity contribution in [1.82, 2.24) is 0 Å². The van der Waals surface area contributed by atoms with Crippen LogP contribution in [0.2, 0.25) is 0 Å². The highest BCUT2D eigenvalue weighted by Crippen LogP contribution is 2.07. The van der Waals surface area contributed by atoms with Crippen LogP contribution in [0.15, 0.2) is 48.6 Å². The molecule has 0 bridgehead atoms. The summed E-state index contributed by atoms with van der Waals surface area (Å²) in [6.07, 6.45) is 8.66. The van der Waals surface area contributed by atoms with Crippen molar-refractivity contribution in [3.63, 3.8) is 0 Å². The summed E-state index contributed by atoms with van der Waals surface area (Å²) < 4.78 is 4.99. The standard InChI is InChI=1S/C13H24O2.C6H6/c1-4-5-6-7-8-9-10-11-15-13(14)12(2)3;1-2-4-6-5-3-1/h2,4-11H2,1,3H3;1-6H. The summed E-state index contributed by atoms with van der Waals surface area (Å²) in [6, 6.07) is 12.0. The maximum atomic E-state index is 11.0. The summed E-state index contributed by atoms with van der Waals surface area (Å²) in [6.45, 7) is 7.96. The number of esters is 1. The smallest absolute Gasteiger partial charge is 0.333 e. The van der Waals surface area contributed by atoms with Crippen molar-refractivity contribution in [3.8, 4) is 0 Å². The average molecular weight is 290 g/mol. The number of ether oxygens (including phenoxy) is 1. The molecule has 2 nitrogen and oxygen atoms in total. The molecule has 118 valence electrons. The van der Waals surface area contributed by atoms with E-state index in [0.717, 1.165) is 12.8 Å². The van der Waals surface area contributed by atoms with E-state index in [0.29, 0.717) is 12.2 Å². The van der Waals surface area contributed by atoms with Gasteiger partial charge in [-0.05, 0) is 13.3 Å². The van der Waals surface area contributed by atoms with E-state index in [1.807, 2.05) is 36.4 Å². The van der Waals surface area contributed by atoms with Crippen LogP contribution in [0.25, 0.3) is 0 Å². The fourth-order valence-electron chi connectivity index (χ4n) is 1.73. The van der Waals surface area contributed by atoms with Crippen LogP contribution < -0.4 is 0 Å². The zero-order chi connectivity index (χ0) is 15.8. The monoisotopic (exact) mass is 290 g/mol. The lowest BCUT2D eigenvalue weighted by molar-refractivity contribution is -0.139. The molecule has 1 rings (SSSR count). The van der Waals surface area contributed by atoms with E-state index in [1.165, 1.54) is 32.1 Å². The molecule has 0 N–H and O–H groups in total. The molecule has 0 saturated carbocycles. The molecule has 0 amide bonds. The molecule has 0 heterocycles. The Kier molecular flexibility index (Phi) is 13.7. The van der Waals surface area contributed by atoms with Gasteiger partial charge in [-0.1, -0.05) is 88.4 Å². The first kappa shape index (κ1) is 19.4. The van der Waals surface area contributed by atoms with Crippen molar-refractivity contribution in [3.05, 3.63) is 48.6 Å². The lowest BCUT2D eigenvalue weighted by Gasteiger charge is -2.04. The van der Waals surface area contributed by atoms with E-state index >= 15 is 0 Å². The summed E-state index contributed by atoms with van der Waals surface area (Å²) in [5.41, 5.74) is 0.484. The zero-order valence-electron chi connectivity index (χ0n) is 13.6. The van der Waals surface area contributed by atoms with Crippen molar-refractivity contribution in [1.29, 1.82) is 0 Å². The van der Waals surface area contributed by atoms with Gasteiger partial charge in [-0.25, -0.2) is 4.79 Å². The minimum atomic E-state index is -0.263. The fraction of sp³-hybridized carbons (Fsp3) is 0.526. The van der Waals surface area contributed by atoms with Crippen molar-refractivity contribution < 1.29 is 9.53 Å². The molecule has 0 radical (unpaired) electrons. The second kappa shape index (κ2) is 14.8. The van der Waals surface area contributed by atoms with Gasteiger partial charge < -0.3 is 4.74 Å². The second-order valence-electron chi connectivity index (χ2n) is 5.19. The number of hydrogen-bond acceptors (Lipinski definition) is 2. The molecule has 0 aliphatic rings. The first-order valence-electron chi connectivity index (χ1n) is 8.01. The molecule has 2 heteroatoms. The Hall–Kier alpha value is -1.57. The molecule has 0 aromatic heterocycles. The number of benzene rings is 1. The van der Waals surface area contributed by atoms with E-state index in [4.69, 9.17) is 4.74 Å². The molecule has 0 aliphatic carbocycles. The first-order valence-corrected chi connectivity index (χ1v) is 8.01. The van der Waals surface area contributed by atoms with Crippen LogP contribution in [0.4, 0.5) is 0 Å². The predicted octanol–water partition coefficient (Wildman–Crippen LogP) is 5.54. The Morgan fingerprint density at radius 1 is 0.857 bits per heavy atom. The van der Waals surface area contributed by atoms with E-state index in [9.17, 15) is 4.79 Å². The van der Waals surface area contributed by atoms with Gasteiger partial charge in [0, 0.05) is 5.57 Å². The second-order valence-corrected chi connectivity index (χ2v) is 5.19. The molecular weight excluding hydrogens is 260 g/mol. The number of carbonyl (C=O) groups is 1. The molecule has 21 heavy (non-hydrogen) atoms. The largest absolute Gasteiger partial charge is 0.462 e. The number of rotatable bonds is 9. The Morgan fingerprint density at radius 2 is 1.29 bits per heavy atom. The van der Waals surface area contributed by atoms with Gasteiger partial charge in [0.2, 0.25) is 0 Å². The van der Waals surface area contributed by atoms with Gasteiger partial charge in [0.1, 0.15) is 0 Å². The number of hydrogen-bond donors (Lipinski definition) is 0. The summed E-state index contributed by atoms with van der Waals surface area (Å²) in [7, 11) is 0. The first-order chi connectivity index (χ1) is 10.2. The topological polar surface area (TPSA) is 26.3 Å².